The lowest BCUT2D eigenvalue weighted by Gasteiger charge is -2.23. The predicted octanol–water partition coefficient (Wildman–Crippen LogP) is 4.74. The number of anilines is 2. The summed E-state index contributed by atoms with van der Waals surface area (Å²) in [5.74, 6) is 0.745. The van der Waals surface area contributed by atoms with E-state index in [-0.39, 0.29) is 0 Å². The zero-order valence-corrected chi connectivity index (χ0v) is 13.8. The highest BCUT2D eigenvalue weighted by Crippen LogP contribution is 2.25. The lowest BCUT2D eigenvalue weighted by molar-refractivity contribution is 0.891. The molecule has 0 aliphatic rings. The Morgan fingerprint density at radius 2 is 1.39 bits per heavy atom. The topological polar surface area (TPSA) is 29.0 Å². The zero-order chi connectivity index (χ0) is 16.2. The number of hydrogen-bond acceptors (Lipinski definition) is 3. The van der Waals surface area contributed by atoms with Crippen LogP contribution in [-0.2, 0) is 6.54 Å². The third-order valence-corrected chi connectivity index (χ3v) is 3.74. The predicted molar refractivity (Wildman–Crippen MR) is 95.0 cm³/mol. The summed E-state index contributed by atoms with van der Waals surface area (Å²) >= 11 is 0. The van der Waals surface area contributed by atoms with Crippen molar-refractivity contribution in [3.05, 3.63) is 83.2 Å². The van der Waals surface area contributed by atoms with Gasteiger partial charge in [0.15, 0.2) is 0 Å². The minimum Gasteiger partial charge on any atom is -0.306 e. The number of aromatic nitrogens is 2. The minimum atomic E-state index is 0.743. The summed E-state index contributed by atoms with van der Waals surface area (Å²) in [7, 11) is 0. The van der Waals surface area contributed by atoms with Gasteiger partial charge in [-0.15, -0.1) is 0 Å². The Bertz CT molecular complexity index is 759. The molecular weight excluding hydrogens is 282 g/mol. The van der Waals surface area contributed by atoms with Crippen LogP contribution < -0.4 is 4.90 Å². The molecule has 0 aliphatic carbocycles. The standard InChI is InChI=1S/C20H21N3/c1-15-9-11-18(12-10-15)14-23(19-7-5-4-6-8-19)20-21-16(2)13-17(3)22-20/h4-13H,14H2,1-3H3. The van der Waals surface area contributed by atoms with Crippen LogP contribution in [0.5, 0.6) is 0 Å². The van der Waals surface area contributed by atoms with Crippen molar-refractivity contribution >= 4 is 11.6 Å². The van der Waals surface area contributed by atoms with Gasteiger partial charge in [0.2, 0.25) is 5.95 Å². The molecule has 0 unspecified atom stereocenters. The summed E-state index contributed by atoms with van der Waals surface area (Å²) in [6, 6.07) is 20.9. The molecule has 0 amide bonds. The van der Waals surface area contributed by atoms with Crippen molar-refractivity contribution in [3.63, 3.8) is 0 Å². The average molecular weight is 303 g/mol. The van der Waals surface area contributed by atoms with Crippen molar-refractivity contribution in [1.29, 1.82) is 0 Å². The van der Waals surface area contributed by atoms with E-state index in [9.17, 15) is 0 Å². The van der Waals surface area contributed by atoms with E-state index in [1.165, 1.54) is 11.1 Å². The molecule has 2 aromatic carbocycles. The number of rotatable bonds is 4. The van der Waals surface area contributed by atoms with Crippen LogP contribution in [-0.4, -0.2) is 9.97 Å². The third kappa shape index (κ3) is 3.75. The second-order valence-electron chi connectivity index (χ2n) is 5.86. The highest BCUT2D eigenvalue weighted by Gasteiger charge is 2.13. The molecule has 3 heteroatoms. The van der Waals surface area contributed by atoms with Crippen molar-refractivity contribution in [1.82, 2.24) is 9.97 Å². The van der Waals surface area contributed by atoms with Crippen LogP contribution in [0.15, 0.2) is 60.7 Å². The zero-order valence-electron chi connectivity index (χ0n) is 13.8. The Kier molecular flexibility index (Phi) is 4.38. The lowest BCUT2D eigenvalue weighted by atomic mass is 10.1. The molecular formula is C20H21N3. The Morgan fingerprint density at radius 3 is 2.00 bits per heavy atom. The molecule has 0 saturated heterocycles. The Hall–Kier alpha value is -2.68. The SMILES string of the molecule is Cc1ccc(CN(c2ccccc2)c2nc(C)cc(C)n2)cc1. The first-order valence-corrected chi connectivity index (χ1v) is 7.82. The molecule has 116 valence electrons. The van der Waals surface area contributed by atoms with E-state index in [1.54, 1.807) is 0 Å². The first-order valence-electron chi connectivity index (χ1n) is 7.82. The summed E-state index contributed by atoms with van der Waals surface area (Å²) < 4.78 is 0. The van der Waals surface area contributed by atoms with Crippen LogP contribution in [0.4, 0.5) is 11.6 Å². The molecule has 1 aromatic heterocycles. The van der Waals surface area contributed by atoms with E-state index in [0.717, 1.165) is 29.6 Å². The molecule has 3 aromatic rings. The van der Waals surface area contributed by atoms with Gasteiger partial charge in [-0.1, -0.05) is 48.0 Å². The van der Waals surface area contributed by atoms with Crippen LogP contribution >= 0.6 is 0 Å². The molecule has 3 nitrogen and oxygen atoms in total. The average Bonchev–Trinajstić information content (AvgIpc) is 2.54. The van der Waals surface area contributed by atoms with Crippen molar-refractivity contribution in [3.8, 4) is 0 Å². The smallest absolute Gasteiger partial charge is 0.230 e. The first kappa shape index (κ1) is 15.2. The summed E-state index contributed by atoms with van der Waals surface area (Å²) in [6.07, 6.45) is 0. The summed E-state index contributed by atoms with van der Waals surface area (Å²) in [4.78, 5) is 11.4. The quantitative estimate of drug-likeness (QED) is 0.697. The van der Waals surface area contributed by atoms with Gasteiger partial charge in [0.25, 0.3) is 0 Å². The van der Waals surface area contributed by atoms with Gasteiger partial charge in [-0.2, -0.15) is 0 Å². The van der Waals surface area contributed by atoms with E-state index >= 15 is 0 Å². The molecule has 0 fully saturated rings. The number of benzene rings is 2. The van der Waals surface area contributed by atoms with E-state index < -0.39 is 0 Å². The van der Waals surface area contributed by atoms with E-state index in [0.29, 0.717) is 0 Å². The fraction of sp³-hybridized carbons (Fsp3) is 0.200. The number of aryl methyl sites for hydroxylation is 3. The van der Waals surface area contributed by atoms with E-state index in [2.05, 4.69) is 58.2 Å². The normalized spacial score (nSPS) is 10.6. The van der Waals surface area contributed by atoms with Gasteiger partial charge in [-0.25, -0.2) is 9.97 Å². The third-order valence-electron chi connectivity index (χ3n) is 3.74. The van der Waals surface area contributed by atoms with Crippen LogP contribution in [0.3, 0.4) is 0 Å². The molecule has 0 radical (unpaired) electrons. The van der Waals surface area contributed by atoms with Crippen molar-refractivity contribution < 1.29 is 0 Å². The molecule has 0 N–H and O–H groups in total. The maximum Gasteiger partial charge on any atom is 0.230 e. The molecule has 0 bridgehead atoms. The molecule has 0 spiro atoms. The Labute approximate surface area is 137 Å². The highest BCUT2D eigenvalue weighted by atomic mass is 15.3. The summed E-state index contributed by atoms with van der Waals surface area (Å²) in [5, 5.41) is 0. The molecule has 3 rings (SSSR count). The van der Waals surface area contributed by atoms with Crippen LogP contribution in [0.25, 0.3) is 0 Å². The van der Waals surface area contributed by atoms with Gasteiger partial charge in [0.1, 0.15) is 0 Å². The van der Waals surface area contributed by atoms with Gasteiger partial charge in [0, 0.05) is 17.1 Å². The fourth-order valence-corrected chi connectivity index (χ4v) is 2.59. The van der Waals surface area contributed by atoms with Crippen molar-refractivity contribution in [2.75, 3.05) is 4.90 Å². The highest BCUT2D eigenvalue weighted by molar-refractivity contribution is 5.57. The van der Waals surface area contributed by atoms with Gasteiger partial charge in [0.05, 0.1) is 6.54 Å². The van der Waals surface area contributed by atoms with Crippen molar-refractivity contribution in [2.45, 2.75) is 27.3 Å². The minimum absolute atomic E-state index is 0.743. The Morgan fingerprint density at radius 1 is 0.783 bits per heavy atom. The molecule has 0 saturated carbocycles. The lowest BCUT2D eigenvalue weighted by Crippen LogP contribution is -2.19. The molecule has 1 heterocycles. The summed E-state index contributed by atoms with van der Waals surface area (Å²) in [5.41, 5.74) is 5.57. The second kappa shape index (κ2) is 6.61. The second-order valence-corrected chi connectivity index (χ2v) is 5.86. The van der Waals surface area contributed by atoms with Gasteiger partial charge < -0.3 is 4.90 Å². The number of hydrogen-bond donors (Lipinski definition) is 0. The summed E-state index contributed by atoms with van der Waals surface area (Å²) in [6.45, 7) is 6.86. The first-order chi connectivity index (χ1) is 11.1. The van der Waals surface area contributed by atoms with Crippen molar-refractivity contribution in [2.24, 2.45) is 0 Å². The molecule has 0 aliphatic heterocycles. The van der Waals surface area contributed by atoms with Crippen LogP contribution in [0.1, 0.15) is 22.5 Å². The maximum absolute atomic E-state index is 4.64. The number of para-hydroxylation sites is 1. The fourth-order valence-electron chi connectivity index (χ4n) is 2.59. The van der Waals surface area contributed by atoms with Gasteiger partial charge in [-0.3, -0.25) is 0 Å². The Balaban J connectivity index is 2.01. The van der Waals surface area contributed by atoms with Crippen LogP contribution in [0.2, 0.25) is 0 Å². The van der Waals surface area contributed by atoms with E-state index in [4.69, 9.17) is 0 Å². The largest absolute Gasteiger partial charge is 0.306 e. The maximum atomic E-state index is 4.64. The van der Waals surface area contributed by atoms with Gasteiger partial charge >= 0.3 is 0 Å². The van der Waals surface area contributed by atoms with Crippen LogP contribution in [0, 0.1) is 20.8 Å². The monoisotopic (exact) mass is 303 g/mol. The van der Waals surface area contributed by atoms with E-state index in [1.807, 2.05) is 38.1 Å². The van der Waals surface area contributed by atoms with Gasteiger partial charge in [-0.05, 0) is 44.5 Å². The molecule has 23 heavy (non-hydrogen) atoms. The number of nitrogens with zero attached hydrogens (tertiary/aromatic N) is 3. The molecule has 0 atom stereocenters.